The van der Waals surface area contributed by atoms with Gasteiger partial charge in [-0.05, 0) is 47.1 Å². The second-order valence-electron chi connectivity index (χ2n) is 3.54. The number of nitrogens with one attached hydrogen (secondary N) is 1. The van der Waals surface area contributed by atoms with Crippen molar-refractivity contribution in [3.05, 3.63) is 44.8 Å². The van der Waals surface area contributed by atoms with Crippen molar-refractivity contribution in [3.63, 3.8) is 0 Å². The van der Waals surface area contributed by atoms with Gasteiger partial charge >= 0.3 is 0 Å². The average Bonchev–Trinajstić information content (AvgIpc) is 2.35. The van der Waals surface area contributed by atoms with E-state index in [2.05, 4.69) is 25.9 Å². The highest BCUT2D eigenvalue weighted by Gasteiger charge is 2.06. The Kier molecular flexibility index (Phi) is 3.28. The number of benzene rings is 1. The van der Waals surface area contributed by atoms with Gasteiger partial charge < -0.3 is 9.72 Å². The molecule has 0 saturated heterocycles. The highest BCUT2D eigenvalue weighted by molar-refractivity contribution is 9.10. The van der Waals surface area contributed by atoms with Crippen LogP contribution in [0.4, 0.5) is 0 Å². The van der Waals surface area contributed by atoms with E-state index in [0.29, 0.717) is 16.0 Å². The minimum Gasteiger partial charge on any atom is -0.497 e. The van der Waals surface area contributed by atoms with Crippen LogP contribution in [0.3, 0.4) is 0 Å². The maximum absolute atomic E-state index is 11.6. The molecular formula is C12H11BrN2O2. The highest BCUT2D eigenvalue weighted by atomic mass is 79.9. The van der Waals surface area contributed by atoms with Crippen molar-refractivity contribution in [2.75, 3.05) is 7.11 Å². The van der Waals surface area contributed by atoms with Gasteiger partial charge in [0.25, 0.3) is 5.56 Å². The van der Waals surface area contributed by atoms with E-state index in [1.807, 2.05) is 24.3 Å². The molecule has 0 radical (unpaired) electrons. The van der Waals surface area contributed by atoms with Crippen molar-refractivity contribution < 1.29 is 4.74 Å². The van der Waals surface area contributed by atoms with Gasteiger partial charge in [0, 0.05) is 5.56 Å². The van der Waals surface area contributed by atoms with Crippen molar-refractivity contribution in [2.45, 2.75) is 6.92 Å². The molecule has 0 aliphatic carbocycles. The Morgan fingerprint density at radius 1 is 1.29 bits per heavy atom. The van der Waals surface area contributed by atoms with E-state index in [1.54, 1.807) is 14.0 Å². The Labute approximate surface area is 107 Å². The van der Waals surface area contributed by atoms with Gasteiger partial charge in [0.2, 0.25) is 0 Å². The number of nitrogens with zero attached hydrogens (tertiary/aromatic N) is 1. The number of halogens is 1. The van der Waals surface area contributed by atoms with Gasteiger partial charge in [-0.2, -0.15) is 0 Å². The first-order valence-electron chi connectivity index (χ1n) is 5.02. The number of rotatable bonds is 2. The topological polar surface area (TPSA) is 55.0 Å². The highest BCUT2D eigenvalue weighted by Crippen LogP contribution is 2.19. The lowest BCUT2D eigenvalue weighted by molar-refractivity contribution is 0.415. The molecule has 0 aliphatic heterocycles. The zero-order valence-corrected chi connectivity index (χ0v) is 11.0. The fourth-order valence-corrected chi connectivity index (χ4v) is 1.64. The minimum atomic E-state index is -0.177. The van der Waals surface area contributed by atoms with Gasteiger partial charge in [-0.1, -0.05) is 0 Å². The molecule has 2 rings (SSSR count). The fourth-order valence-electron chi connectivity index (χ4n) is 1.46. The third-order valence-electron chi connectivity index (χ3n) is 2.39. The van der Waals surface area contributed by atoms with E-state index in [-0.39, 0.29) is 5.56 Å². The quantitative estimate of drug-likeness (QED) is 0.926. The number of hydrogen-bond acceptors (Lipinski definition) is 3. The molecule has 0 fully saturated rings. The number of ether oxygens (including phenoxy) is 1. The molecule has 0 amide bonds. The Bertz CT molecular complexity index is 590. The molecule has 1 heterocycles. The molecule has 88 valence electrons. The number of aromatic nitrogens is 2. The first kappa shape index (κ1) is 11.9. The zero-order valence-electron chi connectivity index (χ0n) is 9.45. The van der Waals surface area contributed by atoms with Gasteiger partial charge in [0.05, 0.1) is 12.8 Å². The molecule has 1 N–H and O–H groups in total. The van der Waals surface area contributed by atoms with Crippen molar-refractivity contribution in [1.82, 2.24) is 9.97 Å². The van der Waals surface area contributed by atoms with Crippen molar-refractivity contribution in [2.24, 2.45) is 0 Å². The van der Waals surface area contributed by atoms with Crippen LogP contribution >= 0.6 is 15.9 Å². The molecule has 1 aromatic heterocycles. The maximum atomic E-state index is 11.6. The summed E-state index contributed by atoms with van der Waals surface area (Å²) in [6, 6.07) is 7.36. The van der Waals surface area contributed by atoms with E-state index in [0.717, 1.165) is 11.3 Å². The fraction of sp³-hybridized carbons (Fsp3) is 0.167. The van der Waals surface area contributed by atoms with Gasteiger partial charge in [0.15, 0.2) is 0 Å². The summed E-state index contributed by atoms with van der Waals surface area (Å²) in [5.41, 5.74) is 1.33. The van der Waals surface area contributed by atoms with Gasteiger partial charge in [-0.15, -0.1) is 0 Å². The molecule has 4 nitrogen and oxygen atoms in total. The van der Waals surface area contributed by atoms with Gasteiger partial charge in [-0.3, -0.25) is 4.79 Å². The summed E-state index contributed by atoms with van der Waals surface area (Å²) in [6.07, 6.45) is 0. The summed E-state index contributed by atoms with van der Waals surface area (Å²) < 4.78 is 5.54. The Morgan fingerprint density at radius 3 is 2.47 bits per heavy atom. The largest absolute Gasteiger partial charge is 0.497 e. The molecule has 0 unspecified atom stereocenters. The van der Waals surface area contributed by atoms with Crippen molar-refractivity contribution in [3.8, 4) is 17.1 Å². The second kappa shape index (κ2) is 4.71. The molecule has 1 aromatic carbocycles. The van der Waals surface area contributed by atoms with Crippen LogP contribution in [0.25, 0.3) is 11.4 Å². The van der Waals surface area contributed by atoms with Crippen LogP contribution in [0, 0.1) is 6.92 Å². The van der Waals surface area contributed by atoms with Crippen LogP contribution in [-0.4, -0.2) is 17.1 Å². The zero-order chi connectivity index (χ0) is 12.4. The standard InChI is InChI=1S/C12H11BrN2O2/c1-7-10(13)12(16)15-11(14-7)8-3-5-9(17-2)6-4-8/h3-6H,1-2H3,(H,14,15,16). The maximum Gasteiger partial charge on any atom is 0.265 e. The summed E-state index contributed by atoms with van der Waals surface area (Å²) in [5.74, 6) is 1.32. The van der Waals surface area contributed by atoms with E-state index in [4.69, 9.17) is 4.74 Å². The lowest BCUT2D eigenvalue weighted by Gasteiger charge is -2.04. The summed E-state index contributed by atoms with van der Waals surface area (Å²) >= 11 is 3.18. The van der Waals surface area contributed by atoms with Crippen LogP contribution in [0.2, 0.25) is 0 Å². The molecule has 0 saturated carbocycles. The lowest BCUT2D eigenvalue weighted by Crippen LogP contribution is -2.11. The van der Waals surface area contributed by atoms with E-state index in [9.17, 15) is 4.79 Å². The number of hydrogen-bond donors (Lipinski definition) is 1. The van der Waals surface area contributed by atoms with Gasteiger partial charge in [0.1, 0.15) is 16.0 Å². The van der Waals surface area contributed by atoms with Crippen molar-refractivity contribution in [1.29, 1.82) is 0 Å². The number of methoxy groups -OCH3 is 1. The Hall–Kier alpha value is -1.62. The average molecular weight is 295 g/mol. The third kappa shape index (κ3) is 2.39. The first-order chi connectivity index (χ1) is 8.11. The van der Waals surface area contributed by atoms with E-state index < -0.39 is 0 Å². The number of aromatic amines is 1. The monoisotopic (exact) mass is 294 g/mol. The van der Waals surface area contributed by atoms with Crippen LogP contribution < -0.4 is 10.3 Å². The van der Waals surface area contributed by atoms with Crippen molar-refractivity contribution >= 4 is 15.9 Å². The Balaban J connectivity index is 2.49. The normalized spacial score (nSPS) is 10.3. The number of H-pyrrole nitrogens is 1. The summed E-state index contributed by atoms with van der Waals surface area (Å²) in [7, 11) is 1.61. The molecule has 0 spiro atoms. The van der Waals surface area contributed by atoms with Crippen LogP contribution in [0.1, 0.15) is 5.69 Å². The van der Waals surface area contributed by atoms with Crippen LogP contribution in [0.5, 0.6) is 5.75 Å². The molecule has 0 aliphatic rings. The molecule has 0 bridgehead atoms. The van der Waals surface area contributed by atoms with Crippen LogP contribution in [0.15, 0.2) is 33.5 Å². The second-order valence-corrected chi connectivity index (χ2v) is 4.34. The third-order valence-corrected chi connectivity index (χ3v) is 3.33. The summed E-state index contributed by atoms with van der Waals surface area (Å²) in [5, 5.41) is 0. The van der Waals surface area contributed by atoms with E-state index in [1.165, 1.54) is 0 Å². The summed E-state index contributed by atoms with van der Waals surface area (Å²) in [6.45, 7) is 1.78. The molecule has 17 heavy (non-hydrogen) atoms. The van der Waals surface area contributed by atoms with E-state index >= 15 is 0 Å². The number of aryl methyl sites for hydroxylation is 1. The SMILES string of the molecule is COc1ccc(-c2nc(C)c(Br)c(=O)[nH]2)cc1. The first-order valence-corrected chi connectivity index (χ1v) is 5.82. The summed E-state index contributed by atoms with van der Waals surface area (Å²) in [4.78, 5) is 18.6. The Morgan fingerprint density at radius 2 is 1.94 bits per heavy atom. The predicted octanol–water partition coefficient (Wildman–Crippen LogP) is 2.52. The minimum absolute atomic E-state index is 0.177. The molecule has 5 heteroatoms. The lowest BCUT2D eigenvalue weighted by atomic mass is 10.2. The molecule has 0 atom stereocenters. The van der Waals surface area contributed by atoms with Crippen LogP contribution in [-0.2, 0) is 0 Å². The molecule has 2 aromatic rings. The predicted molar refractivity (Wildman–Crippen MR) is 69.3 cm³/mol. The molecular weight excluding hydrogens is 284 g/mol. The smallest absolute Gasteiger partial charge is 0.265 e. The van der Waals surface area contributed by atoms with Gasteiger partial charge in [-0.25, -0.2) is 4.98 Å².